The molecule has 84 valence electrons. The third-order valence-corrected chi connectivity index (χ3v) is 3.10. The second-order valence-corrected chi connectivity index (χ2v) is 4.68. The Kier molecular flexibility index (Phi) is 6.53. The van der Waals surface area contributed by atoms with Crippen molar-refractivity contribution in [2.45, 2.75) is 25.8 Å². The fourth-order valence-electron chi connectivity index (χ4n) is 1.63. The summed E-state index contributed by atoms with van der Waals surface area (Å²) in [5.74, 6) is 1.22. The molecule has 0 bridgehead atoms. The Labute approximate surface area is 97.7 Å². The van der Waals surface area contributed by atoms with Gasteiger partial charge >= 0.3 is 0 Å². The molecule has 0 radical (unpaired) electrons. The lowest BCUT2D eigenvalue weighted by Gasteiger charge is -2.18. The quantitative estimate of drug-likeness (QED) is 0.759. The van der Waals surface area contributed by atoms with E-state index in [1.165, 1.54) is 24.2 Å². The molecule has 0 aliphatic heterocycles. The van der Waals surface area contributed by atoms with E-state index in [4.69, 9.17) is 0 Å². The monoisotopic (exact) mass is 223 g/mol. The minimum absolute atomic E-state index is 0.526. The zero-order chi connectivity index (χ0) is 10.9. The standard InChI is InChI=1S/C13H21NS/c1-3-10-14-13(9-11-15-2)12-7-5-4-6-8-12/h4-8,13-14H,3,9-11H2,1-2H3. The Morgan fingerprint density at radius 3 is 2.60 bits per heavy atom. The Morgan fingerprint density at radius 1 is 1.27 bits per heavy atom. The van der Waals surface area contributed by atoms with Crippen LogP contribution in [0.1, 0.15) is 31.4 Å². The van der Waals surface area contributed by atoms with Crippen LogP contribution in [0.2, 0.25) is 0 Å². The SMILES string of the molecule is CCCNC(CCSC)c1ccccc1. The summed E-state index contributed by atoms with van der Waals surface area (Å²) < 4.78 is 0. The van der Waals surface area contributed by atoms with Crippen LogP contribution in [0.25, 0.3) is 0 Å². The molecule has 1 aromatic rings. The van der Waals surface area contributed by atoms with Gasteiger partial charge in [-0.3, -0.25) is 0 Å². The van der Waals surface area contributed by atoms with Gasteiger partial charge in [-0.1, -0.05) is 37.3 Å². The van der Waals surface area contributed by atoms with Gasteiger partial charge in [0.25, 0.3) is 0 Å². The Morgan fingerprint density at radius 2 is 2.00 bits per heavy atom. The van der Waals surface area contributed by atoms with Crippen molar-refractivity contribution in [3.05, 3.63) is 35.9 Å². The molecule has 0 aliphatic carbocycles. The van der Waals surface area contributed by atoms with Crippen LogP contribution in [0.5, 0.6) is 0 Å². The molecule has 1 rings (SSSR count). The van der Waals surface area contributed by atoms with Crippen LogP contribution in [0, 0.1) is 0 Å². The number of hydrogen-bond donors (Lipinski definition) is 1. The van der Waals surface area contributed by atoms with E-state index in [0.717, 1.165) is 6.54 Å². The normalized spacial score (nSPS) is 12.7. The molecule has 15 heavy (non-hydrogen) atoms. The Bertz CT molecular complexity index is 240. The lowest BCUT2D eigenvalue weighted by molar-refractivity contribution is 0.521. The van der Waals surface area contributed by atoms with E-state index >= 15 is 0 Å². The van der Waals surface area contributed by atoms with Gasteiger partial charge in [0.05, 0.1) is 0 Å². The second-order valence-electron chi connectivity index (χ2n) is 3.70. The number of benzene rings is 1. The zero-order valence-corrected chi connectivity index (χ0v) is 10.5. The maximum absolute atomic E-state index is 3.61. The van der Waals surface area contributed by atoms with Gasteiger partial charge in [-0.2, -0.15) is 11.8 Å². The van der Waals surface area contributed by atoms with E-state index < -0.39 is 0 Å². The third kappa shape index (κ3) is 4.72. The van der Waals surface area contributed by atoms with Crippen LogP contribution in [0.4, 0.5) is 0 Å². The van der Waals surface area contributed by atoms with Gasteiger partial charge < -0.3 is 5.32 Å². The first-order valence-electron chi connectivity index (χ1n) is 5.65. The number of hydrogen-bond acceptors (Lipinski definition) is 2. The summed E-state index contributed by atoms with van der Waals surface area (Å²) in [5.41, 5.74) is 1.42. The van der Waals surface area contributed by atoms with Crippen LogP contribution < -0.4 is 5.32 Å². The molecule has 1 unspecified atom stereocenters. The molecule has 0 heterocycles. The number of nitrogens with one attached hydrogen (secondary N) is 1. The molecular formula is C13H21NS. The third-order valence-electron chi connectivity index (χ3n) is 2.45. The average molecular weight is 223 g/mol. The highest BCUT2D eigenvalue weighted by Crippen LogP contribution is 2.18. The average Bonchev–Trinajstić information content (AvgIpc) is 2.30. The fraction of sp³-hybridized carbons (Fsp3) is 0.538. The zero-order valence-electron chi connectivity index (χ0n) is 9.70. The highest BCUT2D eigenvalue weighted by atomic mass is 32.2. The van der Waals surface area contributed by atoms with Gasteiger partial charge in [-0.15, -0.1) is 0 Å². The van der Waals surface area contributed by atoms with Gasteiger partial charge in [0.2, 0.25) is 0 Å². The van der Waals surface area contributed by atoms with Crippen molar-refractivity contribution >= 4 is 11.8 Å². The topological polar surface area (TPSA) is 12.0 Å². The predicted molar refractivity (Wildman–Crippen MR) is 70.5 cm³/mol. The maximum atomic E-state index is 3.61. The first-order valence-corrected chi connectivity index (χ1v) is 7.05. The predicted octanol–water partition coefficient (Wildman–Crippen LogP) is 3.48. The Balaban J connectivity index is 2.55. The van der Waals surface area contributed by atoms with E-state index in [2.05, 4.69) is 48.8 Å². The molecule has 0 aromatic heterocycles. The summed E-state index contributed by atoms with van der Waals surface area (Å²) in [7, 11) is 0. The summed E-state index contributed by atoms with van der Waals surface area (Å²) in [6.07, 6.45) is 4.58. The van der Waals surface area contributed by atoms with E-state index in [-0.39, 0.29) is 0 Å². The van der Waals surface area contributed by atoms with E-state index in [0.29, 0.717) is 6.04 Å². The van der Waals surface area contributed by atoms with Gasteiger partial charge in [-0.25, -0.2) is 0 Å². The van der Waals surface area contributed by atoms with Crippen molar-refractivity contribution < 1.29 is 0 Å². The van der Waals surface area contributed by atoms with Crippen LogP contribution >= 0.6 is 11.8 Å². The van der Waals surface area contributed by atoms with Crippen molar-refractivity contribution in [1.82, 2.24) is 5.32 Å². The molecule has 0 saturated heterocycles. The van der Waals surface area contributed by atoms with E-state index in [9.17, 15) is 0 Å². The molecule has 0 spiro atoms. The van der Waals surface area contributed by atoms with Crippen molar-refractivity contribution in [2.24, 2.45) is 0 Å². The molecule has 0 saturated carbocycles. The van der Waals surface area contributed by atoms with Crippen LogP contribution in [0.3, 0.4) is 0 Å². The number of thioether (sulfide) groups is 1. The second kappa shape index (κ2) is 7.77. The molecular weight excluding hydrogens is 202 g/mol. The highest BCUT2D eigenvalue weighted by molar-refractivity contribution is 7.98. The summed E-state index contributed by atoms with van der Waals surface area (Å²) in [4.78, 5) is 0. The summed E-state index contributed by atoms with van der Waals surface area (Å²) in [6.45, 7) is 3.32. The molecule has 0 aliphatic rings. The molecule has 1 nitrogen and oxygen atoms in total. The van der Waals surface area contributed by atoms with Crippen molar-refractivity contribution in [2.75, 3.05) is 18.6 Å². The first kappa shape index (κ1) is 12.6. The summed E-state index contributed by atoms with van der Waals surface area (Å²) in [5, 5.41) is 3.61. The molecule has 2 heteroatoms. The van der Waals surface area contributed by atoms with E-state index in [1.807, 2.05) is 11.8 Å². The highest BCUT2D eigenvalue weighted by Gasteiger charge is 2.08. The fourth-order valence-corrected chi connectivity index (χ4v) is 2.10. The molecule has 1 atom stereocenters. The summed E-state index contributed by atoms with van der Waals surface area (Å²) >= 11 is 1.92. The van der Waals surface area contributed by atoms with Crippen molar-refractivity contribution in [3.63, 3.8) is 0 Å². The van der Waals surface area contributed by atoms with Crippen LogP contribution in [0.15, 0.2) is 30.3 Å². The minimum atomic E-state index is 0.526. The van der Waals surface area contributed by atoms with Crippen LogP contribution in [-0.4, -0.2) is 18.6 Å². The smallest absolute Gasteiger partial charge is 0.0328 e. The largest absolute Gasteiger partial charge is 0.310 e. The van der Waals surface area contributed by atoms with Crippen molar-refractivity contribution in [3.8, 4) is 0 Å². The van der Waals surface area contributed by atoms with Gasteiger partial charge in [0.15, 0.2) is 0 Å². The van der Waals surface area contributed by atoms with E-state index in [1.54, 1.807) is 0 Å². The molecule has 0 fully saturated rings. The van der Waals surface area contributed by atoms with Crippen LogP contribution in [-0.2, 0) is 0 Å². The molecule has 1 aromatic carbocycles. The first-order chi connectivity index (χ1) is 7.38. The van der Waals surface area contributed by atoms with Crippen molar-refractivity contribution in [1.29, 1.82) is 0 Å². The van der Waals surface area contributed by atoms with Gasteiger partial charge in [0, 0.05) is 6.04 Å². The minimum Gasteiger partial charge on any atom is -0.310 e. The number of rotatable bonds is 7. The lowest BCUT2D eigenvalue weighted by atomic mass is 10.0. The summed E-state index contributed by atoms with van der Waals surface area (Å²) in [6, 6.07) is 11.3. The lowest BCUT2D eigenvalue weighted by Crippen LogP contribution is -2.22. The maximum Gasteiger partial charge on any atom is 0.0328 e. The molecule has 0 amide bonds. The van der Waals surface area contributed by atoms with Gasteiger partial charge in [-0.05, 0) is 37.0 Å². The Hall–Kier alpha value is -0.470. The van der Waals surface area contributed by atoms with Gasteiger partial charge in [0.1, 0.15) is 0 Å². The molecule has 1 N–H and O–H groups in total.